The summed E-state index contributed by atoms with van der Waals surface area (Å²) in [4.78, 5) is 10.4. The Morgan fingerprint density at radius 3 is 2.79 bits per heavy atom. The molecule has 0 saturated heterocycles. The number of nitrogens with zero attached hydrogens (tertiary/aromatic N) is 3. The molecule has 1 aromatic rings. The van der Waals surface area contributed by atoms with Gasteiger partial charge < -0.3 is 4.90 Å². The van der Waals surface area contributed by atoms with E-state index in [1.807, 2.05) is 7.05 Å². The molecular weight excluding hydrogens is 198 g/mol. The van der Waals surface area contributed by atoms with Crippen molar-refractivity contribution in [3.05, 3.63) is 18.6 Å². The van der Waals surface area contributed by atoms with E-state index in [9.17, 15) is 0 Å². The molecule has 0 unspecified atom stereocenters. The monoisotopic (exact) mass is 213 g/mol. The maximum absolute atomic E-state index is 5.60. The average Bonchev–Trinajstić information content (AvgIpc) is 2.25. The van der Waals surface area contributed by atoms with Crippen molar-refractivity contribution in [1.82, 2.24) is 9.97 Å². The lowest BCUT2D eigenvalue weighted by Gasteiger charge is -2.16. The summed E-state index contributed by atoms with van der Waals surface area (Å²) in [5.41, 5.74) is 0. The number of rotatable bonds is 6. The van der Waals surface area contributed by atoms with Gasteiger partial charge in [0, 0.05) is 31.9 Å². The molecule has 0 spiro atoms. The molecule has 4 heteroatoms. The average molecular weight is 214 g/mol. The zero-order chi connectivity index (χ0) is 10.2. The summed E-state index contributed by atoms with van der Waals surface area (Å²) in [6.07, 6.45) is 8.60. The van der Waals surface area contributed by atoms with Crippen LogP contribution < -0.4 is 4.90 Å². The number of halogens is 1. The standard InChI is InChI=1S/C10H16ClN3/c1-14(8-4-2-3-5-11)10-9-12-6-7-13-10/h6-7,9H,2-5,8H2,1H3. The molecule has 0 N–H and O–H groups in total. The first-order chi connectivity index (χ1) is 6.84. The summed E-state index contributed by atoms with van der Waals surface area (Å²) >= 11 is 5.60. The first-order valence-electron chi connectivity index (χ1n) is 4.87. The highest BCUT2D eigenvalue weighted by Gasteiger charge is 2.00. The lowest BCUT2D eigenvalue weighted by molar-refractivity contribution is 0.703. The molecule has 3 nitrogen and oxygen atoms in total. The molecule has 14 heavy (non-hydrogen) atoms. The van der Waals surface area contributed by atoms with Gasteiger partial charge in [0.15, 0.2) is 0 Å². The fourth-order valence-electron chi connectivity index (χ4n) is 1.22. The molecule has 1 aromatic heterocycles. The van der Waals surface area contributed by atoms with Gasteiger partial charge in [-0.05, 0) is 12.8 Å². The smallest absolute Gasteiger partial charge is 0.146 e. The number of anilines is 1. The van der Waals surface area contributed by atoms with Crippen LogP contribution in [0.1, 0.15) is 19.3 Å². The van der Waals surface area contributed by atoms with Crippen LogP contribution in [0.25, 0.3) is 0 Å². The van der Waals surface area contributed by atoms with Crippen LogP contribution in [0.2, 0.25) is 0 Å². The zero-order valence-electron chi connectivity index (χ0n) is 8.49. The van der Waals surface area contributed by atoms with E-state index >= 15 is 0 Å². The molecule has 0 radical (unpaired) electrons. The molecule has 78 valence electrons. The molecule has 0 fully saturated rings. The predicted molar refractivity (Wildman–Crippen MR) is 59.9 cm³/mol. The van der Waals surface area contributed by atoms with E-state index in [0.717, 1.165) is 31.1 Å². The van der Waals surface area contributed by atoms with Crippen molar-refractivity contribution in [2.45, 2.75) is 19.3 Å². The van der Waals surface area contributed by atoms with Crippen LogP contribution >= 0.6 is 11.6 Å². The van der Waals surface area contributed by atoms with Gasteiger partial charge in [0.25, 0.3) is 0 Å². The molecule has 0 saturated carbocycles. The highest BCUT2D eigenvalue weighted by molar-refractivity contribution is 6.17. The van der Waals surface area contributed by atoms with E-state index in [1.54, 1.807) is 18.6 Å². The first-order valence-corrected chi connectivity index (χ1v) is 5.41. The molecule has 0 atom stereocenters. The number of alkyl halides is 1. The van der Waals surface area contributed by atoms with Gasteiger partial charge in [0.2, 0.25) is 0 Å². The van der Waals surface area contributed by atoms with Crippen molar-refractivity contribution < 1.29 is 0 Å². The Labute approximate surface area is 90.1 Å². The summed E-state index contributed by atoms with van der Waals surface area (Å²) < 4.78 is 0. The Morgan fingerprint density at radius 1 is 1.29 bits per heavy atom. The Hall–Kier alpha value is -0.830. The van der Waals surface area contributed by atoms with Crippen molar-refractivity contribution >= 4 is 17.4 Å². The first kappa shape index (κ1) is 11.2. The van der Waals surface area contributed by atoms with Crippen LogP contribution in [0, 0.1) is 0 Å². The molecule has 0 aliphatic carbocycles. The lowest BCUT2D eigenvalue weighted by Crippen LogP contribution is -2.19. The van der Waals surface area contributed by atoms with E-state index in [0.29, 0.717) is 0 Å². The van der Waals surface area contributed by atoms with Gasteiger partial charge in [-0.3, -0.25) is 4.98 Å². The van der Waals surface area contributed by atoms with E-state index in [1.165, 1.54) is 6.42 Å². The van der Waals surface area contributed by atoms with Crippen molar-refractivity contribution in [3.8, 4) is 0 Å². The van der Waals surface area contributed by atoms with Crippen LogP contribution in [0.4, 0.5) is 5.82 Å². The van der Waals surface area contributed by atoms with Gasteiger partial charge in [-0.2, -0.15) is 0 Å². The largest absolute Gasteiger partial charge is 0.358 e. The summed E-state index contributed by atoms with van der Waals surface area (Å²) in [6.45, 7) is 1.01. The molecule has 0 aliphatic heterocycles. The molecule has 0 amide bonds. The van der Waals surface area contributed by atoms with Crippen LogP contribution in [0.15, 0.2) is 18.6 Å². The third kappa shape index (κ3) is 3.92. The van der Waals surface area contributed by atoms with Crippen LogP contribution in [-0.2, 0) is 0 Å². The van der Waals surface area contributed by atoms with Crippen molar-refractivity contribution in [2.75, 3.05) is 24.4 Å². The normalized spacial score (nSPS) is 10.1. The molecule has 1 heterocycles. The molecule has 0 aliphatic rings. The van der Waals surface area contributed by atoms with Gasteiger partial charge in [0.1, 0.15) is 5.82 Å². The SMILES string of the molecule is CN(CCCCCCl)c1cnccn1. The van der Waals surface area contributed by atoms with Gasteiger partial charge >= 0.3 is 0 Å². The summed E-state index contributed by atoms with van der Waals surface area (Å²) in [6, 6.07) is 0. The summed E-state index contributed by atoms with van der Waals surface area (Å²) in [7, 11) is 2.03. The minimum Gasteiger partial charge on any atom is -0.358 e. The van der Waals surface area contributed by atoms with Gasteiger partial charge in [-0.15, -0.1) is 11.6 Å². The lowest BCUT2D eigenvalue weighted by atomic mass is 10.2. The molecule has 0 aromatic carbocycles. The quantitative estimate of drug-likeness (QED) is 0.537. The number of hydrogen-bond acceptors (Lipinski definition) is 3. The fourth-order valence-corrected chi connectivity index (χ4v) is 1.41. The number of unbranched alkanes of at least 4 members (excludes halogenated alkanes) is 2. The summed E-state index contributed by atoms with van der Waals surface area (Å²) in [5.74, 6) is 1.69. The van der Waals surface area contributed by atoms with Crippen molar-refractivity contribution in [1.29, 1.82) is 0 Å². The second-order valence-electron chi connectivity index (χ2n) is 3.23. The van der Waals surface area contributed by atoms with Gasteiger partial charge in [-0.25, -0.2) is 4.98 Å². The number of hydrogen-bond donors (Lipinski definition) is 0. The number of aromatic nitrogens is 2. The fraction of sp³-hybridized carbons (Fsp3) is 0.600. The van der Waals surface area contributed by atoms with Crippen LogP contribution in [0.3, 0.4) is 0 Å². The van der Waals surface area contributed by atoms with Crippen LogP contribution in [-0.4, -0.2) is 29.4 Å². The van der Waals surface area contributed by atoms with E-state index in [4.69, 9.17) is 11.6 Å². The minimum atomic E-state index is 0.759. The minimum absolute atomic E-state index is 0.759. The highest BCUT2D eigenvalue weighted by atomic mass is 35.5. The van der Waals surface area contributed by atoms with Crippen molar-refractivity contribution in [2.24, 2.45) is 0 Å². The molecule has 1 rings (SSSR count). The Balaban J connectivity index is 2.25. The van der Waals surface area contributed by atoms with Gasteiger partial charge in [0.05, 0.1) is 6.20 Å². The Morgan fingerprint density at radius 2 is 2.14 bits per heavy atom. The maximum atomic E-state index is 5.60. The van der Waals surface area contributed by atoms with E-state index < -0.39 is 0 Å². The third-order valence-electron chi connectivity index (χ3n) is 2.07. The summed E-state index contributed by atoms with van der Waals surface area (Å²) in [5, 5.41) is 0. The zero-order valence-corrected chi connectivity index (χ0v) is 9.24. The Bertz CT molecular complexity index is 240. The van der Waals surface area contributed by atoms with E-state index in [2.05, 4.69) is 14.9 Å². The molecular formula is C10H16ClN3. The predicted octanol–water partition coefficient (Wildman–Crippen LogP) is 2.32. The second-order valence-corrected chi connectivity index (χ2v) is 3.61. The topological polar surface area (TPSA) is 29.0 Å². The maximum Gasteiger partial charge on any atom is 0.146 e. The Kier molecular flexibility index (Phi) is 5.30. The van der Waals surface area contributed by atoms with Crippen LogP contribution in [0.5, 0.6) is 0 Å². The molecule has 0 bridgehead atoms. The van der Waals surface area contributed by atoms with E-state index in [-0.39, 0.29) is 0 Å². The van der Waals surface area contributed by atoms with Gasteiger partial charge in [-0.1, -0.05) is 6.42 Å². The highest BCUT2D eigenvalue weighted by Crippen LogP contribution is 2.06. The third-order valence-corrected chi connectivity index (χ3v) is 2.34. The van der Waals surface area contributed by atoms with Crippen molar-refractivity contribution in [3.63, 3.8) is 0 Å². The second kappa shape index (κ2) is 6.60.